The van der Waals surface area contributed by atoms with Gasteiger partial charge in [-0.25, -0.2) is 4.39 Å². The molecule has 2 saturated heterocycles. The van der Waals surface area contributed by atoms with Gasteiger partial charge in [0.2, 0.25) is 5.91 Å². The van der Waals surface area contributed by atoms with Crippen LogP contribution in [0.3, 0.4) is 0 Å². The van der Waals surface area contributed by atoms with Crippen molar-refractivity contribution in [2.45, 2.75) is 31.5 Å². The molecule has 2 aliphatic heterocycles. The van der Waals surface area contributed by atoms with Gasteiger partial charge in [0.25, 0.3) is 11.8 Å². The van der Waals surface area contributed by atoms with Gasteiger partial charge in [-0.05, 0) is 57.4 Å². The molecule has 1 spiro atoms. The Balaban J connectivity index is 1.54. The molecule has 2 aromatic carbocycles. The van der Waals surface area contributed by atoms with Gasteiger partial charge in [-0.1, -0.05) is 17.7 Å². The highest BCUT2D eigenvalue weighted by atomic mass is 19.1. The number of aryl methyl sites for hydroxylation is 1. The molecule has 1 atom stereocenters. The first-order valence-electron chi connectivity index (χ1n) is 12.2. The molecule has 0 unspecified atom stereocenters. The maximum absolute atomic E-state index is 13.7. The summed E-state index contributed by atoms with van der Waals surface area (Å²) in [4.78, 5) is 45.0. The molecule has 0 aromatic heterocycles. The maximum atomic E-state index is 13.7. The SMILES string of the molecule is Cc1ccc(C(=O)N2CCC3(CC2)OC[C@H](C(=O)NCCN(C)C)N3C(=O)c2ccc(F)cc2)cc1. The van der Waals surface area contributed by atoms with E-state index in [1.54, 1.807) is 4.90 Å². The Kier molecular flexibility index (Phi) is 7.70. The smallest absolute Gasteiger partial charge is 0.256 e. The van der Waals surface area contributed by atoms with Gasteiger partial charge in [0.1, 0.15) is 17.6 Å². The number of nitrogens with zero attached hydrogens (tertiary/aromatic N) is 3. The van der Waals surface area contributed by atoms with Gasteiger partial charge in [-0.2, -0.15) is 0 Å². The van der Waals surface area contributed by atoms with Crippen molar-refractivity contribution in [2.24, 2.45) is 0 Å². The van der Waals surface area contributed by atoms with Crippen LogP contribution in [0.2, 0.25) is 0 Å². The topological polar surface area (TPSA) is 82.2 Å². The lowest BCUT2D eigenvalue weighted by atomic mass is 9.96. The third kappa shape index (κ3) is 5.42. The summed E-state index contributed by atoms with van der Waals surface area (Å²) in [5.74, 6) is -1.20. The number of hydrogen-bond donors (Lipinski definition) is 1. The number of likely N-dealkylation sites (tertiary alicyclic amines) is 1. The van der Waals surface area contributed by atoms with Crippen LogP contribution in [0.15, 0.2) is 48.5 Å². The zero-order chi connectivity index (χ0) is 25.9. The van der Waals surface area contributed by atoms with Crippen molar-refractivity contribution in [3.05, 3.63) is 71.0 Å². The summed E-state index contributed by atoms with van der Waals surface area (Å²) in [7, 11) is 3.83. The van der Waals surface area contributed by atoms with Crippen molar-refractivity contribution >= 4 is 17.7 Å². The lowest BCUT2D eigenvalue weighted by Crippen LogP contribution is -2.60. The summed E-state index contributed by atoms with van der Waals surface area (Å²) in [5.41, 5.74) is 0.958. The summed E-state index contributed by atoms with van der Waals surface area (Å²) in [6.07, 6.45) is 0.748. The second-order valence-corrected chi connectivity index (χ2v) is 9.71. The fourth-order valence-electron chi connectivity index (χ4n) is 4.76. The van der Waals surface area contributed by atoms with Crippen molar-refractivity contribution in [1.29, 1.82) is 0 Å². The molecule has 2 fully saturated rings. The Morgan fingerprint density at radius 2 is 1.58 bits per heavy atom. The Bertz CT molecular complexity index is 1100. The number of likely N-dealkylation sites (N-methyl/N-ethyl adjacent to an activating group) is 1. The molecule has 0 aliphatic carbocycles. The van der Waals surface area contributed by atoms with Crippen molar-refractivity contribution in [2.75, 3.05) is 46.9 Å². The first-order valence-corrected chi connectivity index (χ1v) is 12.2. The van der Waals surface area contributed by atoms with Crippen LogP contribution in [0.25, 0.3) is 0 Å². The van der Waals surface area contributed by atoms with Crippen LogP contribution in [0.4, 0.5) is 4.39 Å². The molecule has 36 heavy (non-hydrogen) atoms. The first kappa shape index (κ1) is 25.8. The van der Waals surface area contributed by atoms with E-state index in [4.69, 9.17) is 4.74 Å². The van der Waals surface area contributed by atoms with Crippen LogP contribution in [0.1, 0.15) is 39.1 Å². The molecule has 2 heterocycles. The molecular formula is C27H33FN4O4. The van der Waals surface area contributed by atoms with E-state index < -0.39 is 23.5 Å². The minimum atomic E-state index is -1.01. The first-order chi connectivity index (χ1) is 17.2. The molecule has 192 valence electrons. The number of carbonyl (C=O) groups excluding carboxylic acids is 3. The monoisotopic (exact) mass is 496 g/mol. The number of hydrogen-bond acceptors (Lipinski definition) is 5. The zero-order valence-corrected chi connectivity index (χ0v) is 21.0. The highest BCUT2D eigenvalue weighted by Gasteiger charge is 2.54. The molecule has 4 rings (SSSR count). The standard InChI is InChI=1S/C27H33FN4O4/c1-19-4-6-20(7-5-19)25(34)31-15-12-27(13-16-31)32(26(35)21-8-10-22(28)11-9-21)23(18-36-27)24(33)29-14-17-30(2)3/h4-11,23H,12-18H2,1-3H3,(H,29,33)/t23-/m1/s1. The van der Waals surface area contributed by atoms with E-state index in [1.165, 1.54) is 29.2 Å². The van der Waals surface area contributed by atoms with Crippen molar-refractivity contribution in [3.63, 3.8) is 0 Å². The summed E-state index contributed by atoms with van der Waals surface area (Å²) in [6.45, 7) is 3.89. The van der Waals surface area contributed by atoms with Gasteiger partial charge in [0.05, 0.1) is 6.61 Å². The lowest BCUT2D eigenvalue weighted by Gasteiger charge is -2.44. The zero-order valence-electron chi connectivity index (χ0n) is 21.0. The normalized spacial score (nSPS) is 19.1. The summed E-state index contributed by atoms with van der Waals surface area (Å²) < 4.78 is 19.7. The Hall–Kier alpha value is -3.30. The van der Waals surface area contributed by atoms with Gasteiger partial charge in [0.15, 0.2) is 0 Å². The second kappa shape index (κ2) is 10.8. The molecular weight excluding hydrogens is 463 g/mol. The molecule has 8 nitrogen and oxygen atoms in total. The molecule has 0 bridgehead atoms. The Morgan fingerprint density at radius 3 is 2.19 bits per heavy atom. The van der Waals surface area contributed by atoms with Crippen LogP contribution < -0.4 is 5.32 Å². The van der Waals surface area contributed by atoms with E-state index >= 15 is 0 Å². The van der Waals surface area contributed by atoms with Crippen LogP contribution >= 0.6 is 0 Å². The van der Waals surface area contributed by atoms with Crippen molar-refractivity contribution < 1.29 is 23.5 Å². The van der Waals surface area contributed by atoms with E-state index in [2.05, 4.69) is 5.32 Å². The van der Waals surface area contributed by atoms with Gasteiger partial charge < -0.3 is 19.9 Å². The maximum Gasteiger partial charge on any atom is 0.256 e. The van der Waals surface area contributed by atoms with E-state index in [9.17, 15) is 18.8 Å². The summed E-state index contributed by atoms with van der Waals surface area (Å²) in [6, 6.07) is 11.9. The van der Waals surface area contributed by atoms with Crippen LogP contribution in [-0.2, 0) is 9.53 Å². The van der Waals surface area contributed by atoms with Gasteiger partial charge >= 0.3 is 0 Å². The number of rotatable bonds is 6. The van der Waals surface area contributed by atoms with Gasteiger partial charge in [-0.3, -0.25) is 19.3 Å². The highest BCUT2D eigenvalue weighted by molar-refractivity contribution is 5.98. The highest BCUT2D eigenvalue weighted by Crippen LogP contribution is 2.38. The minimum Gasteiger partial charge on any atom is -0.353 e. The summed E-state index contributed by atoms with van der Waals surface area (Å²) in [5, 5.41) is 2.90. The Labute approximate surface area is 211 Å². The van der Waals surface area contributed by atoms with Gasteiger partial charge in [0, 0.05) is 50.1 Å². The molecule has 2 aromatic rings. The number of carbonyl (C=O) groups is 3. The predicted octanol–water partition coefficient (Wildman–Crippen LogP) is 2.29. The third-order valence-corrected chi connectivity index (χ3v) is 6.86. The molecule has 1 N–H and O–H groups in total. The molecule has 3 amide bonds. The van der Waals surface area contributed by atoms with E-state index in [1.807, 2.05) is 50.2 Å². The number of amides is 3. The number of nitrogens with one attached hydrogen (secondary N) is 1. The van der Waals surface area contributed by atoms with E-state index in [-0.39, 0.29) is 24.0 Å². The largest absolute Gasteiger partial charge is 0.353 e. The van der Waals surface area contributed by atoms with Crippen molar-refractivity contribution in [1.82, 2.24) is 20.0 Å². The third-order valence-electron chi connectivity index (χ3n) is 6.86. The number of halogens is 1. The fraction of sp³-hybridized carbons (Fsp3) is 0.444. The molecule has 0 radical (unpaired) electrons. The lowest BCUT2D eigenvalue weighted by molar-refractivity contribution is -0.128. The molecule has 2 aliphatic rings. The quantitative estimate of drug-likeness (QED) is 0.664. The van der Waals surface area contributed by atoms with Crippen LogP contribution in [0.5, 0.6) is 0 Å². The summed E-state index contributed by atoms with van der Waals surface area (Å²) >= 11 is 0. The van der Waals surface area contributed by atoms with E-state index in [0.717, 1.165) is 5.56 Å². The second-order valence-electron chi connectivity index (χ2n) is 9.71. The Morgan fingerprint density at radius 1 is 1.00 bits per heavy atom. The van der Waals surface area contributed by atoms with Crippen LogP contribution in [-0.4, -0.2) is 91.1 Å². The van der Waals surface area contributed by atoms with E-state index in [0.29, 0.717) is 44.6 Å². The van der Waals surface area contributed by atoms with Gasteiger partial charge in [-0.15, -0.1) is 0 Å². The van der Waals surface area contributed by atoms with Crippen molar-refractivity contribution in [3.8, 4) is 0 Å². The fourth-order valence-corrected chi connectivity index (χ4v) is 4.76. The number of piperidine rings is 1. The average Bonchev–Trinajstić information content (AvgIpc) is 3.23. The number of ether oxygens (including phenoxy) is 1. The van der Waals surface area contributed by atoms with Crippen LogP contribution in [0, 0.1) is 12.7 Å². The molecule has 0 saturated carbocycles. The average molecular weight is 497 g/mol. The predicted molar refractivity (Wildman–Crippen MR) is 133 cm³/mol. The molecule has 9 heteroatoms. The number of benzene rings is 2. The minimum absolute atomic E-state index is 0.0621.